The molecule has 0 bridgehead atoms. The molecule has 1 amide bonds. The number of anilines is 1. The Kier molecular flexibility index (Phi) is 6.18. The third kappa shape index (κ3) is 5.11. The van der Waals surface area contributed by atoms with E-state index >= 15 is 0 Å². The monoisotopic (exact) mass is 312 g/mol. The zero-order valence-corrected chi connectivity index (χ0v) is 13.7. The zero-order valence-electron chi connectivity index (χ0n) is 13.7. The highest BCUT2D eigenvalue weighted by Crippen LogP contribution is 2.18. The van der Waals surface area contributed by atoms with Crippen LogP contribution in [0.15, 0.2) is 42.5 Å². The van der Waals surface area contributed by atoms with Gasteiger partial charge in [0.25, 0.3) is 0 Å². The van der Waals surface area contributed by atoms with Gasteiger partial charge in [-0.1, -0.05) is 42.5 Å². The molecule has 23 heavy (non-hydrogen) atoms. The van der Waals surface area contributed by atoms with Gasteiger partial charge < -0.3 is 15.7 Å². The molecule has 2 aromatic carbocycles. The van der Waals surface area contributed by atoms with Gasteiger partial charge in [-0.15, -0.1) is 0 Å². The summed E-state index contributed by atoms with van der Waals surface area (Å²) in [6, 6.07) is 13.8. The number of aliphatic hydroxyl groups is 1. The van der Waals surface area contributed by atoms with Crippen molar-refractivity contribution in [2.45, 2.75) is 26.9 Å². The maximum absolute atomic E-state index is 11.9. The molecule has 0 unspecified atom stereocenters. The summed E-state index contributed by atoms with van der Waals surface area (Å²) in [5.41, 5.74) is 5.35. The van der Waals surface area contributed by atoms with Gasteiger partial charge in [0.05, 0.1) is 13.2 Å². The van der Waals surface area contributed by atoms with Crippen LogP contribution < -0.4 is 10.6 Å². The first-order valence-electron chi connectivity index (χ1n) is 7.85. The van der Waals surface area contributed by atoms with E-state index in [2.05, 4.69) is 10.6 Å². The summed E-state index contributed by atoms with van der Waals surface area (Å²) in [6.07, 6.45) is 0.779. The first-order valence-corrected chi connectivity index (χ1v) is 7.85. The third-order valence-electron chi connectivity index (χ3n) is 3.85. The second-order valence-electron chi connectivity index (χ2n) is 5.69. The van der Waals surface area contributed by atoms with Crippen molar-refractivity contribution in [1.29, 1.82) is 0 Å². The molecule has 0 saturated carbocycles. The van der Waals surface area contributed by atoms with E-state index in [1.54, 1.807) is 0 Å². The lowest BCUT2D eigenvalue weighted by molar-refractivity contribution is -0.119. The molecule has 0 aromatic heterocycles. The summed E-state index contributed by atoms with van der Waals surface area (Å²) in [5.74, 6) is -0.0142. The van der Waals surface area contributed by atoms with Crippen LogP contribution in [0.25, 0.3) is 0 Å². The molecular formula is C19H24N2O2. The molecule has 0 aliphatic rings. The summed E-state index contributed by atoms with van der Waals surface area (Å²) < 4.78 is 0. The van der Waals surface area contributed by atoms with Gasteiger partial charge in [-0.2, -0.15) is 0 Å². The molecule has 0 radical (unpaired) electrons. The average Bonchev–Trinajstić information content (AvgIpc) is 2.55. The van der Waals surface area contributed by atoms with E-state index in [1.165, 1.54) is 0 Å². The maximum atomic E-state index is 11.9. The molecule has 3 N–H and O–H groups in total. The Morgan fingerprint density at radius 1 is 1.00 bits per heavy atom. The van der Waals surface area contributed by atoms with E-state index in [0.29, 0.717) is 6.54 Å². The van der Waals surface area contributed by atoms with Gasteiger partial charge in [0.2, 0.25) is 5.91 Å². The first kappa shape index (κ1) is 17.0. The molecule has 0 atom stereocenters. The summed E-state index contributed by atoms with van der Waals surface area (Å²) in [6.45, 7) is 4.99. The number of amides is 1. The van der Waals surface area contributed by atoms with E-state index in [0.717, 1.165) is 34.4 Å². The lowest BCUT2D eigenvalue weighted by Gasteiger charge is -2.12. The summed E-state index contributed by atoms with van der Waals surface area (Å²) in [4.78, 5) is 11.9. The van der Waals surface area contributed by atoms with Crippen LogP contribution in [-0.4, -0.2) is 24.1 Å². The number of hydrogen-bond acceptors (Lipinski definition) is 3. The number of para-hydroxylation sites is 1. The van der Waals surface area contributed by atoms with Crippen LogP contribution in [0.3, 0.4) is 0 Å². The van der Waals surface area contributed by atoms with Crippen LogP contribution in [0.5, 0.6) is 0 Å². The second kappa shape index (κ2) is 8.34. The number of rotatable bonds is 7. The zero-order chi connectivity index (χ0) is 16.7. The maximum Gasteiger partial charge on any atom is 0.239 e. The SMILES string of the molecule is Cc1cccc(C)c1NCC(=O)NCCc1ccc(CO)cc1. The lowest BCUT2D eigenvalue weighted by atomic mass is 10.1. The van der Waals surface area contributed by atoms with E-state index < -0.39 is 0 Å². The molecule has 0 fully saturated rings. The summed E-state index contributed by atoms with van der Waals surface area (Å²) in [5, 5.41) is 15.1. The van der Waals surface area contributed by atoms with Gasteiger partial charge in [0.1, 0.15) is 0 Å². The third-order valence-corrected chi connectivity index (χ3v) is 3.85. The van der Waals surface area contributed by atoms with Crippen molar-refractivity contribution < 1.29 is 9.90 Å². The van der Waals surface area contributed by atoms with Crippen LogP contribution >= 0.6 is 0 Å². The Balaban J connectivity index is 1.74. The number of nitrogens with one attached hydrogen (secondary N) is 2. The van der Waals surface area contributed by atoms with Crippen molar-refractivity contribution in [3.63, 3.8) is 0 Å². The Labute approximate surface area is 137 Å². The van der Waals surface area contributed by atoms with Crippen LogP contribution in [0.1, 0.15) is 22.3 Å². The number of aryl methyl sites for hydroxylation is 2. The Morgan fingerprint density at radius 2 is 1.61 bits per heavy atom. The predicted molar refractivity (Wildman–Crippen MR) is 93.5 cm³/mol. The van der Waals surface area contributed by atoms with Gasteiger partial charge in [0, 0.05) is 12.2 Å². The number of carbonyl (C=O) groups is 1. The van der Waals surface area contributed by atoms with Crippen LogP contribution in [0, 0.1) is 13.8 Å². The minimum atomic E-state index is -0.0142. The van der Waals surface area contributed by atoms with Crippen molar-refractivity contribution in [2.75, 3.05) is 18.4 Å². The van der Waals surface area contributed by atoms with E-state index in [4.69, 9.17) is 5.11 Å². The highest BCUT2D eigenvalue weighted by Gasteiger charge is 2.05. The van der Waals surface area contributed by atoms with Crippen molar-refractivity contribution in [3.05, 3.63) is 64.7 Å². The fraction of sp³-hybridized carbons (Fsp3) is 0.316. The quantitative estimate of drug-likeness (QED) is 0.736. The molecule has 0 saturated heterocycles. The fourth-order valence-corrected chi connectivity index (χ4v) is 2.48. The highest BCUT2D eigenvalue weighted by atomic mass is 16.3. The standard InChI is InChI=1S/C19H24N2O2/c1-14-4-3-5-15(2)19(14)21-12-18(23)20-11-10-16-6-8-17(13-22)9-7-16/h3-9,21-22H,10-13H2,1-2H3,(H,20,23). The molecule has 0 heterocycles. The van der Waals surface area contributed by atoms with Gasteiger partial charge in [0.15, 0.2) is 0 Å². The molecule has 0 aliphatic heterocycles. The van der Waals surface area contributed by atoms with Crippen LogP contribution in [-0.2, 0) is 17.8 Å². The van der Waals surface area contributed by atoms with Gasteiger partial charge in [-0.05, 0) is 42.5 Å². The highest BCUT2D eigenvalue weighted by molar-refractivity contribution is 5.81. The molecule has 122 valence electrons. The molecule has 0 aliphatic carbocycles. The lowest BCUT2D eigenvalue weighted by Crippen LogP contribution is -2.31. The molecule has 2 aromatic rings. The van der Waals surface area contributed by atoms with Crippen LogP contribution in [0.2, 0.25) is 0 Å². The van der Waals surface area contributed by atoms with Gasteiger partial charge in [-0.25, -0.2) is 0 Å². The predicted octanol–water partition coefficient (Wildman–Crippen LogP) is 2.57. The van der Waals surface area contributed by atoms with Crippen molar-refractivity contribution in [2.24, 2.45) is 0 Å². The van der Waals surface area contributed by atoms with E-state index in [-0.39, 0.29) is 19.1 Å². The van der Waals surface area contributed by atoms with Gasteiger partial charge >= 0.3 is 0 Å². The Morgan fingerprint density at radius 3 is 2.22 bits per heavy atom. The normalized spacial score (nSPS) is 10.4. The smallest absolute Gasteiger partial charge is 0.239 e. The fourth-order valence-electron chi connectivity index (χ4n) is 2.48. The minimum absolute atomic E-state index is 0.0142. The number of benzene rings is 2. The molecule has 4 nitrogen and oxygen atoms in total. The average molecular weight is 312 g/mol. The molecule has 0 spiro atoms. The largest absolute Gasteiger partial charge is 0.392 e. The number of hydrogen-bond donors (Lipinski definition) is 3. The molecule has 4 heteroatoms. The molecule has 2 rings (SSSR count). The van der Waals surface area contributed by atoms with E-state index in [1.807, 2.05) is 56.3 Å². The first-order chi connectivity index (χ1) is 11.1. The van der Waals surface area contributed by atoms with Gasteiger partial charge in [-0.3, -0.25) is 4.79 Å². The molecular weight excluding hydrogens is 288 g/mol. The Bertz CT molecular complexity index is 631. The Hall–Kier alpha value is -2.33. The van der Waals surface area contributed by atoms with Crippen LogP contribution in [0.4, 0.5) is 5.69 Å². The van der Waals surface area contributed by atoms with E-state index in [9.17, 15) is 4.79 Å². The topological polar surface area (TPSA) is 61.4 Å². The van der Waals surface area contributed by atoms with Crippen molar-refractivity contribution in [1.82, 2.24) is 5.32 Å². The minimum Gasteiger partial charge on any atom is -0.392 e. The number of carbonyl (C=O) groups excluding carboxylic acids is 1. The van der Waals surface area contributed by atoms with Crippen molar-refractivity contribution in [3.8, 4) is 0 Å². The van der Waals surface area contributed by atoms with Crippen molar-refractivity contribution >= 4 is 11.6 Å². The summed E-state index contributed by atoms with van der Waals surface area (Å²) in [7, 11) is 0. The number of aliphatic hydroxyl groups excluding tert-OH is 1. The summed E-state index contributed by atoms with van der Waals surface area (Å²) >= 11 is 0. The second-order valence-corrected chi connectivity index (χ2v) is 5.69.